The molecule has 11 heteroatoms. The van der Waals surface area contributed by atoms with Crippen molar-refractivity contribution in [2.75, 3.05) is 11.0 Å². The van der Waals surface area contributed by atoms with Crippen LogP contribution in [0, 0.1) is 0 Å². The molecule has 0 spiro atoms. The van der Waals surface area contributed by atoms with E-state index >= 15 is 0 Å². The van der Waals surface area contributed by atoms with E-state index < -0.39 is 25.0 Å². The Hall–Kier alpha value is -0.230. The third-order valence-electron chi connectivity index (χ3n) is 2.02. The topological polar surface area (TPSA) is 116 Å². The van der Waals surface area contributed by atoms with Crippen LogP contribution in [0.5, 0.6) is 0 Å². The van der Waals surface area contributed by atoms with Gasteiger partial charge < -0.3 is 4.55 Å². The molecule has 0 aliphatic rings. The van der Waals surface area contributed by atoms with Crippen LogP contribution in [-0.4, -0.2) is 32.0 Å². The van der Waals surface area contributed by atoms with Gasteiger partial charge >= 0.3 is 29.6 Å². The van der Waals surface area contributed by atoms with Gasteiger partial charge in [-0.3, -0.25) is 4.72 Å². The Balaban J connectivity index is 0.00000180. The van der Waals surface area contributed by atoms with E-state index in [-0.39, 0.29) is 41.5 Å². The third kappa shape index (κ3) is 4.12. The summed E-state index contributed by atoms with van der Waals surface area (Å²) in [6.45, 7) is 0. The van der Waals surface area contributed by atoms with Crippen LogP contribution in [0.4, 0.5) is 5.00 Å². The van der Waals surface area contributed by atoms with Crippen molar-refractivity contribution < 1.29 is 52.4 Å². The predicted molar refractivity (Wildman–Crippen MR) is 68.2 cm³/mol. The van der Waals surface area contributed by atoms with Gasteiger partial charge in [-0.1, -0.05) is 0 Å². The van der Waals surface area contributed by atoms with Crippen LogP contribution in [0.3, 0.4) is 0 Å². The number of hydrogen-bond acceptors (Lipinski definition) is 7. The molecule has 0 aliphatic carbocycles. The van der Waals surface area contributed by atoms with Crippen LogP contribution in [0.15, 0.2) is 23.1 Å². The summed E-state index contributed by atoms with van der Waals surface area (Å²) in [5.41, 5.74) is 0.253. The number of sulfonamides is 1. The van der Waals surface area contributed by atoms with Crippen molar-refractivity contribution in [1.29, 1.82) is 0 Å². The van der Waals surface area contributed by atoms with Gasteiger partial charge in [0.1, 0.15) is 15.1 Å². The van der Waals surface area contributed by atoms with E-state index in [1.54, 1.807) is 0 Å². The van der Waals surface area contributed by atoms with Gasteiger partial charge in [0, 0.05) is 6.81 Å². The monoisotopic (exact) mass is 332 g/mol. The second-order valence-electron chi connectivity index (χ2n) is 3.52. The first-order valence-corrected chi connectivity index (χ1v) is 8.57. The van der Waals surface area contributed by atoms with E-state index in [0.29, 0.717) is 5.39 Å². The normalized spacial score (nSPS) is 12.1. The molecular weight excluding hydrogens is 323 g/mol. The maximum Gasteiger partial charge on any atom is 1.00 e. The Morgan fingerprint density at radius 3 is 2.47 bits per heavy atom. The molecular formula is C8H9N2NaO5S3. The van der Waals surface area contributed by atoms with Gasteiger partial charge in [0.25, 0.3) is 0 Å². The molecule has 0 radical (unpaired) electrons. The zero-order chi connectivity index (χ0) is 13.6. The smallest absolute Gasteiger partial charge is 0.744 e. The minimum atomic E-state index is -4.54. The summed E-state index contributed by atoms with van der Waals surface area (Å²) in [4.78, 5) is -0.397. The Kier molecular flexibility index (Phi) is 4.99. The molecule has 0 unspecified atom stereocenters. The SMILES string of the molecule is CS(=O)(=O)Nc1snc2cc(S(=O)(=O)[O-])ccc12.[HH].[Na+]. The van der Waals surface area contributed by atoms with Crippen molar-refractivity contribution in [3.05, 3.63) is 18.2 Å². The number of benzene rings is 1. The number of anilines is 1. The van der Waals surface area contributed by atoms with E-state index in [2.05, 4.69) is 9.10 Å². The second kappa shape index (κ2) is 5.64. The first kappa shape index (κ1) is 16.8. The van der Waals surface area contributed by atoms with Gasteiger partial charge in [-0.05, 0) is 29.7 Å². The summed E-state index contributed by atoms with van der Waals surface area (Å²) in [5.74, 6) is 0. The van der Waals surface area contributed by atoms with Crippen molar-refractivity contribution in [2.24, 2.45) is 0 Å². The molecule has 0 atom stereocenters. The maximum atomic E-state index is 11.1. The maximum absolute atomic E-state index is 11.1. The second-order valence-corrected chi connectivity index (χ2v) is 7.42. The van der Waals surface area contributed by atoms with Gasteiger partial charge in [0.15, 0.2) is 0 Å². The van der Waals surface area contributed by atoms with Crippen LogP contribution in [-0.2, 0) is 20.1 Å². The van der Waals surface area contributed by atoms with E-state index in [0.717, 1.165) is 29.9 Å². The van der Waals surface area contributed by atoms with E-state index in [9.17, 15) is 21.4 Å². The number of rotatable bonds is 3. The molecule has 100 valence electrons. The molecule has 0 saturated heterocycles. The van der Waals surface area contributed by atoms with Crippen LogP contribution in [0.25, 0.3) is 10.9 Å². The van der Waals surface area contributed by atoms with Crippen molar-refractivity contribution in [1.82, 2.24) is 4.37 Å². The molecule has 2 aromatic rings. The minimum absolute atomic E-state index is 0. The first-order chi connectivity index (χ1) is 8.17. The molecule has 0 amide bonds. The molecule has 0 saturated carbocycles. The predicted octanol–water partition coefficient (Wildman–Crippen LogP) is -2.18. The third-order valence-corrected chi connectivity index (χ3v) is 4.34. The van der Waals surface area contributed by atoms with Crippen LogP contribution >= 0.6 is 11.5 Å². The van der Waals surface area contributed by atoms with E-state index in [1.807, 2.05) is 0 Å². The summed E-state index contributed by atoms with van der Waals surface area (Å²) >= 11 is 0.872. The van der Waals surface area contributed by atoms with Gasteiger partial charge in [-0.25, -0.2) is 16.8 Å². The summed E-state index contributed by atoms with van der Waals surface area (Å²) in [7, 11) is -7.98. The fourth-order valence-corrected chi connectivity index (χ4v) is 3.47. The Morgan fingerprint density at radius 2 is 1.95 bits per heavy atom. The molecule has 19 heavy (non-hydrogen) atoms. The number of nitrogens with one attached hydrogen (secondary N) is 1. The molecule has 0 bridgehead atoms. The van der Waals surface area contributed by atoms with E-state index in [1.165, 1.54) is 6.07 Å². The quantitative estimate of drug-likeness (QED) is 0.505. The molecule has 1 aromatic carbocycles. The van der Waals surface area contributed by atoms with Crippen LogP contribution in [0.1, 0.15) is 1.43 Å². The molecule has 1 heterocycles. The molecule has 0 fully saturated rings. The molecule has 1 N–H and O–H groups in total. The number of aromatic nitrogens is 1. The number of nitrogens with zero attached hydrogens (tertiary/aromatic N) is 1. The van der Waals surface area contributed by atoms with Crippen molar-refractivity contribution >= 4 is 47.6 Å². The molecule has 0 aliphatic heterocycles. The number of hydrogen-bond donors (Lipinski definition) is 1. The molecule has 2 rings (SSSR count). The van der Waals surface area contributed by atoms with E-state index in [4.69, 9.17) is 0 Å². The Bertz CT molecular complexity index is 818. The Labute approximate surface area is 137 Å². The van der Waals surface area contributed by atoms with Crippen molar-refractivity contribution in [3.63, 3.8) is 0 Å². The average molecular weight is 332 g/mol. The zero-order valence-corrected chi connectivity index (χ0v) is 14.4. The summed E-state index contributed by atoms with van der Waals surface area (Å²) < 4.78 is 60.8. The largest absolute Gasteiger partial charge is 1.00 e. The van der Waals surface area contributed by atoms with Crippen LogP contribution in [0.2, 0.25) is 0 Å². The van der Waals surface area contributed by atoms with Crippen molar-refractivity contribution in [3.8, 4) is 0 Å². The zero-order valence-electron chi connectivity index (χ0n) is 9.95. The van der Waals surface area contributed by atoms with Gasteiger partial charge in [-0.15, -0.1) is 0 Å². The number of fused-ring (bicyclic) bond motifs is 1. The van der Waals surface area contributed by atoms with Crippen molar-refractivity contribution in [2.45, 2.75) is 4.90 Å². The summed E-state index contributed by atoms with van der Waals surface area (Å²) in [6.07, 6.45) is 0.995. The summed E-state index contributed by atoms with van der Waals surface area (Å²) in [5, 5.41) is 0.722. The summed E-state index contributed by atoms with van der Waals surface area (Å²) in [6, 6.07) is 3.57. The van der Waals surface area contributed by atoms with Gasteiger partial charge in [0.2, 0.25) is 10.0 Å². The Morgan fingerprint density at radius 1 is 1.32 bits per heavy atom. The molecule has 7 nitrogen and oxygen atoms in total. The van der Waals surface area contributed by atoms with Gasteiger partial charge in [-0.2, -0.15) is 4.37 Å². The minimum Gasteiger partial charge on any atom is -0.744 e. The van der Waals surface area contributed by atoms with Gasteiger partial charge in [0.05, 0.1) is 16.7 Å². The average Bonchev–Trinajstić information content (AvgIpc) is 2.57. The fraction of sp³-hybridized carbons (Fsp3) is 0.125. The van der Waals surface area contributed by atoms with Crippen LogP contribution < -0.4 is 34.3 Å². The first-order valence-electron chi connectivity index (χ1n) is 4.50. The molecule has 1 aromatic heterocycles. The fourth-order valence-electron chi connectivity index (χ4n) is 1.32. The standard InChI is InChI=1S/C8H8N2O5S3.Na.H2/c1-17(11,12)10-8-6-3-2-5(18(13,14)15)4-7(6)9-16-8;;/h2-4,10H,1H3,(H,13,14,15);;1H/q;+1;/p-1.